The summed E-state index contributed by atoms with van der Waals surface area (Å²) in [6.45, 7) is 6.11. The van der Waals surface area contributed by atoms with Gasteiger partial charge in [-0.3, -0.25) is 9.63 Å². The Morgan fingerprint density at radius 1 is 1.32 bits per heavy atom. The fourth-order valence-corrected chi connectivity index (χ4v) is 2.95. The van der Waals surface area contributed by atoms with Gasteiger partial charge in [0.05, 0.1) is 13.2 Å². The number of carbonyl (C=O) groups is 1. The zero-order valence-corrected chi connectivity index (χ0v) is 13.0. The highest BCUT2D eigenvalue weighted by atomic mass is 16.7. The lowest BCUT2D eigenvalue weighted by Gasteiger charge is -2.21. The van der Waals surface area contributed by atoms with E-state index in [-0.39, 0.29) is 17.4 Å². The van der Waals surface area contributed by atoms with Crippen LogP contribution < -0.4 is 5.63 Å². The Labute approximate surface area is 129 Å². The molecule has 0 N–H and O–H groups in total. The van der Waals surface area contributed by atoms with E-state index in [1.54, 1.807) is 6.92 Å². The van der Waals surface area contributed by atoms with Crippen LogP contribution in [0.25, 0.3) is 0 Å². The van der Waals surface area contributed by atoms with Gasteiger partial charge in [-0.1, -0.05) is 6.92 Å². The normalized spacial score (nSPS) is 23.0. The number of carbonyl (C=O) groups excluding carboxylic acids is 1. The van der Waals surface area contributed by atoms with Gasteiger partial charge in [-0.05, 0) is 31.4 Å². The molecule has 6 heteroatoms. The summed E-state index contributed by atoms with van der Waals surface area (Å²) in [7, 11) is 0. The van der Waals surface area contributed by atoms with Crippen molar-refractivity contribution in [3.05, 3.63) is 33.4 Å². The first-order chi connectivity index (χ1) is 10.6. The number of nitrogens with zero attached hydrogens (tertiary/aromatic N) is 1. The molecule has 1 aromatic heterocycles. The SMILES string of the molecule is Cc1cc(C2CCOCC2)oc(=O)c1C(=O)N1CC(C)CO1. The highest BCUT2D eigenvalue weighted by Gasteiger charge is 2.30. The number of aryl methyl sites for hydroxylation is 1. The van der Waals surface area contributed by atoms with Crippen molar-refractivity contribution in [2.45, 2.75) is 32.6 Å². The number of amides is 1. The maximum atomic E-state index is 12.4. The smallest absolute Gasteiger partial charge is 0.349 e. The molecule has 3 rings (SSSR count). The zero-order chi connectivity index (χ0) is 15.7. The van der Waals surface area contributed by atoms with Crippen LogP contribution in [0.5, 0.6) is 0 Å². The van der Waals surface area contributed by atoms with Crippen LogP contribution in [0, 0.1) is 12.8 Å². The Morgan fingerprint density at radius 3 is 2.64 bits per heavy atom. The largest absolute Gasteiger partial charge is 0.427 e. The minimum atomic E-state index is -0.574. The average molecular weight is 307 g/mol. The second-order valence-corrected chi connectivity index (χ2v) is 6.15. The Kier molecular flexibility index (Phi) is 4.31. The van der Waals surface area contributed by atoms with Crippen molar-refractivity contribution in [3.63, 3.8) is 0 Å². The summed E-state index contributed by atoms with van der Waals surface area (Å²) in [5, 5.41) is 1.26. The molecule has 22 heavy (non-hydrogen) atoms. The number of hydroxylamine groups is 2. The van der Waals surface area contributed by atoms with Gasteiger partial charge in [-0.2, -0.15) is 0 Å². The predicted molar refractivity (Wildman–Crippen MR) is 78.7 cm³/mol. The van der Waals surface area contributed by atoms with Gasteiger partial charge in [0.25, 0.3) is 5.91 Å². The average Bonchev–Trinajstić information content (AvgIpc) is 2.94. The third-order valence-electron chi connectivity index (χ3n) is 4.22. The summed E-state index contributed by atoms with van der Waals surface area (Å²) >= 11 is 0. The summed E-state index contributed by atoms with van der Waals surface area (Å²) in [5.74, 6) is 0.706. The van der Waals surface area contributed by atoms with Gasteiger partial charge in [0.1, 0.15) is 11.3 Å². The van der Waals surface area contributed by atoms with Crippen LogP contribution in [0.3, 0.4) is 0 Å². The number of hydrogen-bond donors (Lipinski definition) is 0. The number of hydrogen-bond acceptors (Lipinski definition) is 5. The molecule has 120 valence electrons. The maximum Gasteiger partial charge on any atom is 0.349 e. The van der Waals surface area contributed by atoms with Crippen molar-refractivity contribution in [2.24, 2.45) is 5.92 Å². The molecule has 1 amide bonds. The van der Waals surface area contributed by atoms with Crippen molar-refractivity contribution < 1.29 is 18.8 Å². The Morgan fingerprint density at radius 2 is 2.05 bits per heavy atom. The lowest BCUT2D eigenvalue weighted by atomic mass is 9.95. The molecule has 2 aliphatic heterocycles. The Balaban J connectivity index is 1.86. The van der Waals surface area contributed by atoms with Crippen LogP contribution in [-0.2, 0) is 9.57 Å². The Bertz CT molecular complexity index is 617. The van der Waals surface area contributed by atoms with E-state index in [2.05, 4.69) is 0 Å². The van der Waals surface area contributed by atoms with E-state index in [4.69, 9.17) is 14.0 Å². The van der Waals surface area contributed by atoms with Gasteiger partial charge >= 0.3 is 5.63 Å². The quantitative estimate of drug-likeness (QED) is 0.834. The molecular weight excluding hydrogens is 286 g/mol. The zero-order valence-electron chi connectivity index (χ0n) is 13.0. The van der Waals surface area contributed by atoms with Gasteiger partial charge < -0.3 is 9.15 Å². The molecule has 0 aromatic carbocycles. The minimum Gasteiger partial charge on any atom is -0.427 e. The van der Waals surface area contributed by atoms with Gasteiger partial charge in [0.2, 0.25) is 0 Å². The molecule has 0 bridgehead atoms. The molecule has 0 spiro atoms. The van der Waals surface area contributed by atoms with E-state index in [1.807, 2.05) is 13.0 Å². The standard InChI is InChI=1S/C16H21NO5/c1-10-8-17(21-9-10)15(18)14-11(2)7-13(22-16(14)19)12-3-5-20-6-4-12/h7,10,12H,3-6,8-9H2,1-2H3. The molecule has 1 unspecified atom stereocenters. The second-order valence-electron chi connectivity index (χ2n) is 6.15. The highest BCUT2D eigenvalue weighted by Crippen LogP contribution is 2.27. The van der Waals surface area contributed by atoms with Crippen molar-refractivity contribution in [1.82, 2.24) is 5.06 Å². The van der Waals surface area contributed by atoms with Gasteiger partial charge in [0.15, 0.2) is 0 Å². The van der Waals surface area contributed by atoms with Crippen molar-refractivity contribution >= 4 is 5.91 Å². The summed E-state index contributed by atoms with van der Waals surface area (Å²) in [4.78, 5) is 30.0. The maximum absolute atomic E-state index is 12.4. The van der Waals surface area contributed by atoms with E-state index >= 15 is 0 Å². The van der Waals surface area contributed by atoms with E-state index in [9.17, 15) is 9.59 Å². The van der Waals surface area contributed by atoms with Crippen LogP contribution in [-0.4, -0.2) is 37.3 Å². The van der Waals surface area contributed by atoms with Gasteiger partial charge in [0, 0.05) is 25.0 Å². The van der Waals surface area contributed by atoms with Gasteiger partial charge in [-0.15, -0.1) is 0 Å². The van der Waals surface area contributed by atoms with E-state index in [1.165, 1.54) is 5.06 Å². The highest BCUT2D eigenvalue weighted by molar-refractivity contribution is 5.94. The molecule has 2 aliphatic rings. The first kappa shape index (κ1) is 15.2. The van der Waals surface area contributed by atoms with Crippen LogP contribution in [0.2, 0.25) is 0 Å². The Hall–Kier alpha value is -1.66. The number of rotatable bonds is 2. The van der Waals surface area contributed by atoms with Crippen LogP contribution in [0.4, 0.5) is 0 Å². The van der Waals surface area contributed by atoms with Crippen LogP contribution in [0.15, 0.2) is 15.3 Å². The minimum absolute atomic E-state index is 0.0740. The third-order valence-corrected chi connectivity index (χ3v) is 4.22. The lowest BCUT2D eigenvalue weighted by Crippen LogP contribution is -2.32. The first-order valence-corrected chi connectivity index (χ1v) is 7.73. The predicted octanol–water partition coefficient (Wildman–Crippen LogP) is 1.87. The van der Waals surface area contributed by atoms with E-state index in [0.717, 1.165) is 12.8 Å². The van der Waals surface area contributed by atoms with Crippen molar-refractivity contribution in [2.75, 3.05) is 26.4 Å². The number of ether oxygens (including phenoxy) is 1. The topological polar surface area (TPSA) is 69.0 Å². The molecule has 1 atom stereocenters. The first-order valence-electron chi connectivity index (χ1n) is 7.73. The fraction of sp³-hybridized carbons (Fsp3) is 0.625. The van der Waals surface area contributed by atoms with Crippen molar-refractivity contribution in [1.29, 1.82) is 0 Å². The van der Waals surface area contributed by atoms with Crippen LogP contribution >= 0.6 is 0 Å². The molecule has 2 saturated heterocycles. The third kappa shape index (κ3) is 2.94. The lowest BCUT2D eigenvalue weighted by molar-refractivity contribution is -0.0775. The molecule has 3 heterocycles. The van der Waals surface area contributed by atoms with Gasteiger partial charge in [-0.25, -0.2) is 9.86 Å². The second kappa shape index (κ2) is 6.22. The monoisotopic (exact) mass is 307 g/mol. The summed E-state index contributed by atoms with van der Waals surface area (Å²) in [5.41, 5.74) is 0.144. The summed E-state index contributed by atoms with van der Waals surface area (Å²) in [6, 6.07) is 1.81. The van der Waals surface area contributed by atoms with Crippen molar-refractivity contribution in [3.8, 4) is 0 Å². The van der Waals surface area contributed by atoms with E-state index < -0.39 is 11.5 Å². The van der Waals surface area contributed by atoms with Crippen LogP contribution in [0.1, 0.15) is 47.4 Å². The summed E-state index contributed by atoms with van der Waals surface area (Å²) < 4.78 is 10.7. The van der Waals surface area contributed by atoms with E-state index in [0.29, 0.717) is 37.7 Å². The summed E-state index contributed by atoms with van der Waals surface area (Å²) in [6.07, 6.45) is 1.67. The molecule has 0 saturated carbocycles. The molecule has 2 fully saturated rings. The molecule has 0 aliphatic carbocycles. The molecule has 1 aromatic rings. The fourth-order valence-electron chi connectivity index (χ4n) is 2.95. The molecular formula is C16H21NO5. The molecule has 6 nitrogen and oxygen atoms in total. The molecule has 0 radical (unpaired) electrons.